The van der Waals surface area contributed by atoms with Crippen molar-refractivity contribution < 1.29 is 14.3 Å². The first kappa shape index (κ1) is 12.9. The molecule has 1 atom stereocenters. The predicted octanol–water partition coefficient (Wildman–Crippen LogP) is 3.48. The van der Waals surface area contributed by atoms with Gasteiger partial charge in [-0.2, -0.15) is 0 Å². The number of hydrogen-bond acceptors (Lipinski definition) is 3. The van der Waals surface area contributed by atoms with Crippen LogP contribution in [-0.2, 0) is 15.3 Å². The van der Waals surface area contributed by atoms with Gasteiger partial charge in [-0.05, 0) is 19.9 Å². The first-order valence-corrected chi connectivity index (χ1v) is 6.69. The van der Waals surface area contributed by atoms with Crippen LogP contribution in [0.1, 0.15) is 35.3 Å². The minimum absolute atomic E-state index is 0.0748. The molecule has 1 aliphatic rings. The van der Waals surface area contributed by atoms with E-state index >= 15 is 0 Å². The van der Waals surface area contributed by atoms with Crippen molar-refractivity contribution in [2.24, 2.45) is 0 Å². The molecule has 0 aromatic heterocycles. The van der Waals surface area contributed by atoms with Gasteiger partial charge in [0.15, 0.2) is 0 Å². The smallest absolute Gasteiger partial charge is 0.341 e. The van der Waals surface area contributed by atoms with E-state index in [0.29, 0.717) is 5.56 Å². The van der Waals surface area contributed by atoms with Crippen LogP contribution in [0.5, 0.6) is 0 Å². The van der Waals surface area contributed by atoms with Crippen molar-refractivity contribution in [3.63, 3.8) is 0 Å². The van der Waals surface area contributed by atoms with Gasteiger partial charge in [-0.3, -0.25) is 0 Å². The summed E-state index contributed by atoms with van der Waals surface area (Å²) in [7, 11) is 0. The minimum Gasteiger partial charge on any atom is -0.420 e. The van der Waals surface area contributed by atoms with Crippen LogP contribution < -0.4 is 0 Å². The highest BCUT2D eigenvalue weighted by molar-refractivity contribution is 5.95. The van der Waals surface area contributed by atoms with Crippen molar-refractivity contribution in [1.29, 1.82) is 0 Å². The molecule has 0 amide bonds. The van der Waals surface area contributed by atoms with E-state index in [-0.39, 0.29) is 12.1 Å². The molecule has 0 saturated heterocycles. The van der Waals surface area contributed by atoms with Crippen molar-refractivity contribution >= 4 is 5.97 Å². The third-order valence-corrected chi connectivity index (χ3v) is 3.29. The zero-order chi connectivity index (χ0) is 14.2. The van der Waals surface area contributed by atoms with Gasteiger partial charge in [0.25, 0.3) is 5.79 Å². The lowest BCUT2D eigenvalue weighted by atomic mass is 9.95. The number of fused-ring (bicyclic) bond motifs is 1. The van der Waals surface area contributed by atoms with Gasteiger partial charge in [-0.15, -0.1) is 0 Å². The fourth-order valence-electron chi connectivity index (χ4n) is 2.55. The van der Waals surface area contributed by atoms with E-state index in [9.17, 15) is 4.79 Å². The molecule has 0 unspecified atom stereocenters. The Hall–Kier alpha value is -2.13. The van der Waals surface area contributed by atoms with Gasteiger partial charge >= 0.3 is 5.97 Å². The molecule has 2 aromatic rings. The highest BCUT2D eigenvalue weighted by Crippen LogP contribution is 2.43. The molecule has 1 heterocycles. The molecule has 0 radical (unpaired) electrons. The monoisotopic (exact) mass is 268 g/mol. The number of cyclic esters (lactones) is 1. The Morgan fingerprint density at radius 2 is 1.65 bits per heavy atom. The molecule has 0 aliphatic carbocycles. The SMILES string of the molecule is CC(C)O[C@]1(c2ccccc2)OC(=O)c2ccccc21. The summed E-state index contributed by atoms with van der Waals surface area (Å²) < 4.78 is 11.7. The fourth-order valence-corrected chi connectivity index (χ4v) is 2.55. The Labute approximate surface area is 118 Å². The largest absolute Gasteiger partial charge is 0.420 e. The van der Waals surface area contributed by atoms with Gasteiger partial charge in [-0.1, -0.05) is 48.5 Å². The van der Waals surface area contributed by atoms with Crippen LogP contribution in [0.25, 0.3) is 0 Å². The average molecular weight is 268 g/mol. The number of carbonyl (C=O) groups excluding carboxylic acids is 1. The van der Waals surface area contributed by atoms with Crippen LogP contribution >= 0.6 is 0 Å². The zero-order valence-electron chi connectivity index (χ0n) is 11.5. The Morgan fingerprint density at radius 3 is 2.35 bits per heavy atom. The van der Waals surface area contributed by atoms with Crippen LogP contribution in [-0.4, -0.2) is 12.1 Å². The Kier molecular flexibility index (Phi) is 3.07. The summed E-state index contributed by atoms with van der Waals surface area (Å²) in [6.07, 6.45) is -0.0748. The van der Waals surface area contributed by atoms with E-state index in [1.165, 1.54) is 0 Å². The number of esters is 1. The number of benzene rings is 2. The van der Waals surface area contributed by atoms with E-state index in [2.05, 4.69) is 0 Å². The molecular weight excluding hydrogens is 252 g/mol. The summed E-state index contributed by atoms with van der Waals surface area (Å²) in [5.41, 5.74) is 2.16. The van der Waals surface area contributed by atoms with E-state index in [1.807, 2.05) is 62.4 Å². The van der Waals surface area contributed by atoms with Crippen molar-refractivity contribution in [2.45, 2.75) is 25.7 Å². The number of ether oxygens (including phenoxy) is 2. The van der Waals surface area contributed by atoms with Crippen LogP contribution in [0.15, 0.2) is 54.6 Å². The van der Waals surface area contributed by atoms with Crippen LogP contribution in [0.2, 0.25) is 0 Å². The van der Waals surface area contributed by atoms with Gasteiger partial charge in [0.05, 0.1) is 11.7 Å². The molecule has 2 aromatic carbocycles. The average Bonchev–Trinajstić information content (AvgIpc) is 2.74. The maximum atomic E-state index is 12.1. The molecule has 3 heteroatoms. The minimum atomic E-state index is -1.14. The second-order valence-corrected chi connectivity index (χ2v) is 5.08. The van der Waals surface area contributed by atoms with Crippen molar-refractivity contribution in [1.82, 2.24) is 0 Å². The molecule has 3 nitrogen and oxygen atoms in total. The summed E-state index contributed by atoms with van der Waals surface area (Å²) in [6, 6.07) is 17.0. The second-order valence-electron chi connectivity index (χ2n) is 5.08. The Balaban J connectivity index is 2.21. The molecule has 102 valence electrons. The fraction of sp³-hybridized carbons (Fsp3) is 0.235. The normalized spacial score (nSPS) is 20.9. The maximum absolute atomic E-state index is 12.1. The van der Waals surface area contributed by atoms with Crippen molar-refractivity contribution in [2.75, 3.05) is 0 Å². The first-order chi connectivity index (χ1) is 9.63. The first-order valence-electron chi connectivity index (χ1n) is 6.69. The molecule has 0 bridgehead atoms. The van der Waals surface area contributed by atoms with Gasteiger partial charge in [0, 0.05) is 11.1 Å². The molecule has 0 saturated carbocycles. The van der Waals surface area contributed by atoms with E-state index in [4.69, 9.17) is 9.47 Å². The van der Waals surface area contributed by atoms with E-state index in [1.54, 1.807) is 6.07 Å². The van der Waals surface area contributed by atoms with Crippen molar-refractivity contribution in [3.8, 4) is 0 Å². The summed E-state index contributed by atoms with van der Waals surface area (Å²) in [4.78, 5) is 12.1. The van der Waals surface area contributed by atoms with Gasteiger partial charge in [0.2, 0.25) is 0 Å². The lowest BCUT2D eigenvalue weighted by Crippen LogP contribution is -2.34. The summed E-state index contributed by atoms with van der Waals surface area (Å²) in [5, 5.41) is 0. The van der Waals surface area contributed by atoms with Gasteiger partial charge in [-0.25, -0.2) is 4.79 Å². The van der Waals surface area contributed by atoms with Crippen molar-refractivity contribution in [3.05, 3.63) is 71.3 Å². The number of rotatable bonds is 3. The summed E-state index contributed by atoms with van der Waals surface area (Å²) in [6.45, 7) is 3.86. The quantitative estimate of drug-likeness (QED) is 0.799. The highest BCUT2D eigenvalue weighted by atomic mass is 16.7. The number of hydrogen-bond donors (Lipinski definition) is 0. The molecule has 20 heavy (non-hydrogen) atoms. The zero-order valence-corrected chi connectivity index (χ0v) is 11.5. The lowest BCUT2D eigenvalue weighted by molar-refractivity contribution is -0.194. The topological polar surface area (TPSA) is 35.5 Å². The van der Waals surface area contributed by atoms with Crippen LogP contribution in [0.4, 0.5) is 0 Å². The predicted molar refractivity (Wildman–Crippen MR) is 75.3 cm³/mol. The van der Waals surface area contributed by atoms with Gasteiger partial charge < -0.3 is 9.47 Å². The van der Waals surface area contributed by atoms with E-state index < -0.39 is 5.79 Å². The maximum Gasteiger partial charge on any atom is 0.341 e. The van der Waals surface area contributed by atoms with Crippen LogP contribution in [0, 0.1) is 0 Å². The molecular formula is C17H16O3. The van der Waals surface area contributed by atoms with Gasteiger partial charge in [0.1, 0.15) is 0 Å². The number of carbonyl (C=O) groups is 1. The standard InChI is InChI=1S/C17H16O3/c1-12(2)19-17(13-8-4-3-5-9-13)15-11-7-6-10-14(15)16(18)20-17/h3-12H,1-2H3/t17-/m1/s1. The summed E-state index contributed by atoms with van der Waals surface area (Å²) >= 11 is 0. The Bertz CT molecular complexity index is 634. The highest BCUT2D eigenvalue weighted by Gasteiger charge is 2.48. The molecule has 1 aliphatic heterocycles. The molecule has 3 rings (SSSR count). The summed E-state index contributed by atoms with van der Waals surface area (Å²) in [5.74, 6) is -1.48. The molecule has 0 N–H and O–H groups in total. The van der Waals surface area contributed by atoms with Crippen LogP contribution in [0.3, 0.4) is 0 Å². The molecule has 0 spiro atoms. The Morgan fingerprint density at radius 1 is 1.00 bits per heavy atom. The van der Waals surface area contributed by atoms with E-state index in [0.717, 1.165) is 11.1 Å². The third kappa shape index (κ3) is 1.91. The lowest BCUT2D eigenvalue weighted by Gasteiger charge is -2.31. The second kappa shape index (κ2) is 4.76. The third-order valence-electron chi connectivity index (χ3n) is 3.29. The molecule has 0 fully saturated rings.